The predicted octanol–water partition coefficient (Wildman–Crippen LogP) is 0.706. The van der Waals surface area contributed by atoms with Crippen molar-refractivity contribution in [3.05, 3.63) is 18.2 Å². The van der Waals surface area contributed by atoms with Crippen LogP contribution in [0.15, 0.2) is 18.2 Å². The molecule has 100 valence electrons. The summed E-state index contributed by atoms with van der Waals surface area (Å²) in [6.07, 6.45) is -5.43. The van der Waals surface area contributed by atoms with E-state index in [1.54, 1.807) is 0 Å². The van der Waals surface area contributed by atoms with Crippen LogP contribution >= 0.6 is 0 Å². The van der Waals surface area contributed by atoms with Gasteiger partial charge >= 0.3 is 13.3 Å². The Kier molecular flexibility index (Phi) is 4.86. The molecular formula is C10H12BF3O4. The van der Waals surface area contributed by atoms with Gasteiger partial charge in [-0.25, -0.2) is 0 Å². The Bertz CT molecular complexity index is 395. The molecule has 0 atom stereocenters. The van der Waals surface area contributed by atoms with Crippen molar-refractivity contribution >= 4 is 12.6 Å². The molecule has 0 aliphatic heterocycles. The van der Waals surface area contributed by atoms with E-state index in [1.807, 2.05) is 0 Å². The van der Waals surface area contributed by atoms with Crippen LogP contribution in [0.25, 0.3) is 0 Å². The fourth-order valence-electron chi connectivity index (χ4n) is 1.26. The first-order valence-electron chi connectivity index (χ1n) is 5.07. The summed E-state index contributed by atoms with van der Waals surface area (Å²) in [4.78, 5) is 0. The summed E-state index contributed by atoms with van der Waals surface area (Å²) in [5, 5.41) is 18.2. The third-order valence-electron chi connectivity index (χ3n) is 2.14. The predicted molar refractivity (Wildman–Crippen MR) is 59.0 cm³/mol. The van der Waals surface area contributed by atoms with Crippen LogP contribution in [0.4, 0.5) is 13.2 Å². The normalized spacial score (nSPS) is 11.2. The van der Waals surface area contributed by atoms with Gasteiger partial charge in [0.2, 0.25) is 0 Å². The molecule has 0 aliphatic rings. The lowest BCUT2D eigenvalue weighted by Crippen LogP contribution is -2.32. The molecule has 1 aromatic rings. The maximum Gasteiger partial charge on any atom is 0.492 e. The topological polar surface area (TPSA) is 58.9 Å². The average Bonchev–Trinajstić information content (AvgIpc) is 2.27. The van der Waals surface area contributed by atoms with Gasteiger partial charge in [0.1, 0.15) is 11.5 Å². The monoisotopic (exact) mass is 264 g/mol. The number of halogens is 3. The van der Waals surface area contributed by atoms with Gasteiger partial charge in [0.05, 0.1) is 20.1 Å². The maximum absolute atomic E-state index is 11.9. The molecule has 0 saturated heterocycles. The van der Waals surface area contributed by atoms with Crippen LogP contribution in [0.5, 0.6) is 11.5 Å². The van der Waals surface area contributed by atoms with Gasteiger partial charge < -0.3 is 19.5 Å². The van der Waals surface area contributed by atoms with Crippen LogP contribution in [-0.4, -0.2) is 37.1 Å². The molecule has 0 fully saturated rings. The molecule has 2 N–H and O–H groups in total. The first kappa shape index (κ1) is 14.7. The second-order valence-corrected chi connectivity index (χ2v) is 3.49. The van der Waals surface area contributed by atoms with Gasteiger partial charge in [-0.15, -0.1) is 0 Å². The van der Waals surface area contributed by atoms with E-state index in [9.17, 15) is 13.2 Å². The third kappa shape index (κ3) is 4.46. The van der Waals surface area contributed by atoms with Gasteiger partial charge in [-0.3, -0.25) is 0 Å². The number of hydrogen-bond donors (Lipinski definition) is 2. The van der Waals surface area contributed by atoms with Crippen LogP contribution in [0.3, 0.4) is 0 Å². The number of hydrogen-bond acceptors (Lipinski definition) is 4. The molecule has 18 heavy (non-hydrogen) atoms. The van der Waals surface area contributed by atoms with Crippen molar-refractivity contribution in [2.45, 2.75) is 12.6 Å². The van der Waals surface area contributed by atoms with Crippen molar-refractivity contribution < 1.29 is 32.7 Å². The molecule has 0 radical (unpaired) electrons. The molecule has 1 rings (SSSR count). The second-order valence-electron chi connectivity index (χ2n) is 3.49. The molecule has 0 heterocycles. The average molecular weight is 264 g/mol. The van der Waals surface area contributed by atoms with Crippen molar-refractivity contribution in [3.63, 3.8) is 0 Å². The zero-order chi connectivity index (χ0) is 13.8. The van der Waals surface area contributed by atoms with E-state index < -0.39 is 26.3 Å². The van der Waals surface area contributed by atoms with Crippen molar-refractivity contribution in [2.24, 2.45) is 0 Å². The van der Waals surface area contributed by atoms with Crippen LogP contribution in [0.1, 0.15) is 6.42 Å². The Balaban J connectivity index is 2.75. The molecule has 0 aromatic heterocycles. The standard InChI is InChI=1S/C10H12BF3O4/c1-17-7-2-3-9(8(6-7)11(15)16)18-5-4-10(12,13)14/h2-3,6,15-16H,4-5H2,1H3. The lowest BCUT2D eigenvalue weighted by Gasteiger charge is -2.13. The fourth-order valence-corrected chi connectivity index (χ4v) is 1.26. The van der Waals surface area contributed by atoms with Crippen LogP contribution in [0, 0.1) is 0 Å². The molecular weight excluding hydrogens is 252 g/mol. The van der Waals surface area contributed by atoms with Gasteiger partial charge in [0, 0.05) is 5.46 Å². The molecule has 8 heteroatoms. The smallest absolute Gasteiger partial charge is 0.492 e. The summed E-state index contributed by atoms with van der Waals surface area (Å²) in [5.74, 6) is 0.330. The maximum atomic E-state index is 11.9. The summed E-state index contributed by atoms with van der Waals surface area (Å²) < 4.78 is 45.6. The minimum absolute atomic E-state index is 0.0185. The Morgan fingerprint density at radius 3 is 2.44 bits per heavy atom. The largest absolute Gasteiger partial charge is 0.497 e. The van der Waals surface area contributed by atoms with Gasteiger partial charge in [-0.2, -0.15) is 13.2 Å². The Labute approximate surface area is 102 Å². The fraction of sp³-hybridized carbons (Fsp3) is 0.400. The Morgan fingerprint density at radius 1 is 1.28 bits per heavy atom. The van der Waals surface area contributed by atoms with Crippen LogP contribution in [0.2, 0.25) is 0 Å². The number of benzene rings is 1. The molecule has 0 unspecified atom stereocenters. The number of ether oxygens (including phenoxy) is 2. The van der Waals surface area contributed by atoms with E-state index >= 15 is 0 Å². The minimum atomic E-state index is -4.32. The van der Waals surface area contributed by atoms with Crippen LogP contribution in [-0.2, 0) is 0 Å². The SMILES string of the molecule is COc1ccc(OCCC(F)(F)F)c(B(O)O)c1. The summed E-state index contributed by atoms with van der Waals surface area (Å²) in [6.45, 7) is -0.588. The van der Waals surface area contributed by atoms with E-state index in [-0.39, 0.29) is 11.2 Å². The van der Waals surface area contributed by atoms with Gasteiger partial charge in [0.25, 0.3) is 0 Å². The molecule has 0 bridgehead atoms. The van der Waals surface area contributed by atoms with E-state index in [1.165, 1.54) is 25.3 Å². The first-order valence-corrected chi connectivity index (χ1v) is 5.07. The summed E-state index contributed by atoms with van der Waals surface area (Å²) >= 11 is 0. The van der Waals surface area contributed by atoms with E-state index in [4.69, 9.17) is 19.5 Å². The Morgan fingerprint density at radius 2 is 1.94 bits per heavy atom. The third-order valence-corrected chi connectivity index (χ3v) is 2.14. The quantitative estimate of drug-likeness (QED) is 0.769. The summed E-state index contributed by atoms with van der Waals surface area (Å²) in [7, 11) is -0.464. The molecule has 0 amide bonds. The highest BCUT2D eigenvalue weighted by Gasteiger charge is 2.27. The summed E-state index contributed by atoms with van der Waals surface area (Å²) in [5.41, 5.74) is -0.0449. The van der Waals surface area contributed by atoms with Gasteiger partial charge in [-0.1, -0.05) is 0 Å². The molecule has 1 aromatic carbocycles. The molecule has 0 spiro atoms. The van der Waals surface area contributed by atoms with Gasteiger partial charge in [-0.05, 0) is 18.2 Å². The van der Waals surface area contributed by atoms with Crippen molar-refractivity contribution in [2.75, 3.05) is 13.7 Å². The van der Waals surface area contributed by atoms with E-state index in [0.717, 1.165) is 0 Å². The lowest BCUT2D eigenvalue weighted by atomic mass is 9.79. The second kappa shape index (κ2) is 5.97. The zero-order valence-electron chi connectivity index (χ0n) is 9.57. The van der Waals surface area contributed by atoms with E-state index in [2.05, 4.69) is 0 Å². The first-order chi connectivity index (χ1) is 8.33. The number of methoxy groups -OCH3 is 1. The van der Waals surface area contributed by atoms with Crippen molar-refractivity contribution in [1.82, 2.24) is 0 Å². The summed E-state index contributed by atoms with van der Waals surface area (Å²) in [6, 6.07) is 4.06. The van der Waals surface area contributed by atoms with Crippen LogP contribution < -0.4 is 14.9 Å². The highest BCUT2D eigenvalue weighted by molar-refractivity contribution is 6.59. The molecule has 0 aliphatic carbocycles. The van der Waals surface area contributed by atoms with Crippen molar-refractivity contribution in [1.29, 1.82) is 0 Å². The highest BCUT2D eigenvalue weighted by atomic mass is 19.4. The molecule has 4 nitrogen and oxygen atoms in total. The Hall–Kier alpha value is -1.41. The van der Waals surface area contributed by atoms with Gasteiger partial charge in [0.15, 0.2) is 0 Å². The zero-order valence-corrected chi connectivity index (χ0v) is 9.57. The molecule has 0 saturated carbocycles. The minimum Gasteiger partial charge on any atom is -0.497 e. The number of alkyl halides is 3. The van der Waals surface area contributed by atoms with Crippen molar-refractivity contribution in [3.8, 4) is 11.5 Å². The highest BCUT2D eigenvalue weighted by Crippen LogP contribution is 2.21. The lowest BCUT2D eigenvalue weighted by molar-refractivity contribution is -0.139. The van der Waals surface area contributed by atoms with E-state index in [0.29, 0.717) is 5.75 Å². The number of rotatable bonds is 5.